The first-order valence-corrected chi connectivity index (χ1v) is 7.71. The molecule has 1 heterocycles. The van der Waals surface area contributed by atoms with Gasteiger partial charge in [0.1, 0.15) is 0 Å². The van der Waals surface area contributed by atoms with Crippen LogP contribution in [0.1, 0.15) is 26.7 Å². The molecule has 2 N–H and O–H groups in total. The summed E-state index contributed by atoms with van der Waals surface area (Å²) < 4.78 is 0. The number of carbonyl (C=O) groups excluding carboxylic acids is 1. The van der Waals surface area contributed by atoms with Crippen LogP contribution < -0.4 is 10.6 Å². The van der Waals surface area contributed by atoms with E-state index in [9.17, 15) is 4.79 Å². The topological polar surface area (TPSA) is 60.0 Å². The smallest absolute Gasteiger partial charge is 0.219 e. The van der Waals surface area contributed by atoms with Crippen molar-refractivity contribution in [1.82, 2.24) is 20.4 Å². The minimum atomic E-state index is 0. The summed E-state index contributed by atoms with van der Waals surface area (Å²) in [5.74, 6) is 1.13. The summed E-state index contributed by atoms with van der Waals surface area (Å²) in [6, 6.07) is 0.631. The maximum atomic E-state index is 11.3. The molecule has 21 heavy (non-hydrogen) atoms. The molecular formula is C14H28IN5O. The van der Waals surface area contributed by atoms with Crippen LogP contribution in [0.3, 0.4) is 0 Å². The zero-order valence-electron chi connectivity index (χ0n) is 13.1. The van der Waals surface area contributed by atoms with Crippen LogP contribution in [0.4, 0.5) is 0 Å². The molecule has 6 nitrogen and oxygen atoms in total. The van der Waals surface area contributed by atoms with E-state index in [1.165, 1.54) is 12.8 Å². The molecule has 2 rings (SSSR count). The van der Waals surface area contributed by atoms with Gasteiger partial charge in [0.25, 0.3) is 0 Å². The lowest BCUT2D eigenvalue weighted by atomic mass is 10.3. The van der Waals surface area contributed by atoms with Crippen molar-refractivity contribution in [1.29, 1.82) is 0 Å². The fourth-order valence-electron chi connectivity index (χ4n) is 2.33. The number of hydrogen-bond donors (Lipinski definition) is 2. The lowest BCUT2D eigenvalue weighted by molar-refractivity contribution is -0.130. The molecule has 122 valence electrons. The largest absolute Gasteiger partial charge is 0.357 e. The van der Waals surface area contributed by atoms with Crippen LogP contribution in [0, 0.1) is 0 Å². The van der Waals surface area contributed by atoms with Gasteiger partial charge in [0.2, 0.25) is 5.91 Å². The second-order valence-electron chi connectivity index (χ2n) is 5.53. The predicted molar refractivity (Wildman–Crippen MR) is 96.2 cm³/mol. The Bertz CT molecular complexity index is 351. The second kappa shape index (κ2) is 9.45. The number of hydrogen-bond acceptors (Lipinski definition) is 3. The van der Waals surface area contributed by atoms with Gasteiger partial charge >= 0.3 is 0 Å². The van der Waals surface area contributed by atoms with Crippen LogP contribution in [-0.4, -0.2) is 73.5 Å². The van der Waals surface area contributed by atoms with Gasteiger partial charge in [0.15, 0.2) is 5.96 Å². The monoisotopic (exact) mass is 409 g/mol. The fourth-order valence-corrected chi connectivity index (χ4v) is 2.33. The van der Waals surface area contributed by atoms with Crippen molar-refractivity contribution >= 4 is 35.8 Å². The summed E-state index contributed by atoms with van der Waals surface area (Å²) in [5, 5.41) is 6.70. The third kappa shape index (κ3) is 6.82. The molecule has 2 aliphatic rings. The van der Waals surface area contributed by atoms with Crippen LogP contribution in [0.25, 0.3) is 0 Å². The van der Waals surface area contributed by atoms with Gasteiger partial charge in [-0.2, -0.15) is 0 Å². The van der Waals surface area contributed by atoms with E-state index < -0.39 is 0 Å². The van der Waals surface area contributed by atoms with E-state index in [1.54, 1.807) is 6.92 Å². The summed E-state index contributed by atoms with van der Waals surface area (Å²) in [5.41, 5.74) is 0. The molecule has 2 fully saturated rings. The Kier molecular flexibility index (Phi) is 8.31. The number of nitrogens with one attached hydrogen (secondary N) is 2. The van der Waals surface area contributed by atoms with Gasteiger partial charge in [-0.15, -0.1) is 24.0 Å². The Labute approximate surface area is 144 Å². The van der Waals surface area contributed by atoms with Crippen molar-refractivity contribution < 1.29 is 4.79 Å². The average Bonchev–Trinajstić information content (AvgIpc) is 3.23. The van der Waals surface area contributed by atoms with Gasteiger partial charge in [-0.05, 0) is 19.8 Å². The van der Waals surface area contributed by atoms with Crippen molar-refractivity contribution in [2.24, 2.45) is 4.99 Å². The van der Waals surface area contributed by atoms with E-state index in [2.05, 4.69) is 27.4 Å². The van der Waals surface area contributed by atoms with E-state index in [-0.39, 0.29) is 29.9 Å². The van der Waals surface area contributed by atoms with Crippen molar-refractivity contribution in [3.05, 3.63) is 0 Å². The Morgan fingerprint density at radius 2 is 1.90 bits per heavy atom. The summed E-state index contributed by atoms with van der Waals surface area (Å²) in [7, 11) is 0. The lowest BCUT2D eigenvalue weighted by Gasteiger charge is -2.33. The van der Waals surface area contributed by atoms with Gasteiger partial charge in [-0.3, -0.25) is 14.7 Å². The minimum Gasteiger partial charge on any atom is -0.357 e. The van der Waals surface area contributed by atoms with Crippen LogP contribution >= 0.6 is 24.0 Å². The zero-order chi connectivity index (χ0) is 14.4. The third-order valence-electron chi connectivity index (χ3n) is 3.77. The number of aliphatic imine (C=N–C) groups is 1. The molecule has 1 aliphatic heterocycles. The van der Waals surface area contributed by atoms with E-state index >= 15 is 0 Å². The van der Waals surface area contributed by atoms with E-state index in [0.717, 1.165) is 51.8 Å². The molecular weight excluding hydrogens is 381 g/mol. The highest BCUT2D eigenvalue weighted by molar-refractivity contribution is 14.0. The first kappa shape index (κ1) is 18.5. The number of rotatable bonds is 5. The van der Waals surface area contributed by atoms with Crippen LogP contribution in [0.15, 0.2) is 4.99 Å². The Morgan fingerprint density at radius 1 is 1.24 bits per heavy atom. The highest BCUT2D eigenvalue weighted by atomic mass is 127. The van der Waals surface area contributed by atoms with Crippen molar-refractivity contribution in [3.8, 4) is 0 Å². The number of piperazine rings is 1. The van der Waals surface area contributed by atoms with E-state index in [0.29, 0.717) is 6.04 Å². The van der Waals surface area contributed by atoms with E-state index in [4.69, 9.17) is 0 Å². The standard InChI is InChI=1S/C14H27N5O.HI/c1-3-15-14(17-13-4-5-13)16-6-7-18-8-10-19(11-9-18)12(2)20;/h13H,3-11H2,1-2H3,(H2,15,16,17);1H. The lowest BCUT2D eigenvalue weighted by Crippen LogP contribution is -2.48. The van der Waals surface area contributed by atoms with Gasteiger partial charge in [-0.1, -0.05) is 0 Å². The minimum absolute atomic E-state index is 0. The number of nitrogens with zero attached hydrogens (tertiary/aromatic N) is 3. The highest BCUT2D eigenvalue weighted by Gasteiger charge is 2.22. The SMILES string of the molecule is CCNC(=NCCN1CCN(C(C)=O)CC1)NC1CC1.I. The Balaban J connectivity index is 0.00000220. The highest BCUT2D eigenvalue weighted by Crippen LogP contribution is 2.18. The number of halogens is 1. The normalized spacial score (nSPS) is 19.9. The molecule has 0 bridgehead atoms. The third-order valence-corrected chi connectivity index (χ3v) is 3.77. The second-order valence-corrected chi connectivity index (χ2v) is 5.53. The molecule has 1 aliphatic carbocycles. The number of amides is 1. The molecule has 0 aromatic rings. The van der Waals surface area contributed by atoms with Gasteiger partial charge in [-0.25, -0.2) is 0 Å². The first-order chi connectivity index (χ1) is 9.69. The molecule has 1 saturated heterocycles. The van der Waals surface area contributed by atoms with Crippen molar-refractivity contribution in [2.75, 3.05) is 45.8 Å². The van der Waals surface area contributed by atoms with Crippen molar-refractivity contribution in [2.45, 2.75) is 32.7 Å². The number of carbonyl (C=O) groups is 1. The van der Waals surface area contributed by atoms with E-state index in [1.807, 2.05) is 4.90 Å². The molecule has 0 radical (unpaired) electrons. The molecule has 0 spiro atoms. The molecule has 0 unspecified atom stereocenters. The molecule has 1 saturated carbocycles. The van der Waals surface area contributed by atoms with Crippen LogP contribution in [0.2, 0.25) is 0 Å². The molecule has 7 heteroatoms. The molecule has 0 aromatic heterocycles. The first-order valence-electron chi connectivity index (χ1n) is 7.71. The Morgan fingerprint density at radius 3 is 2.43 bits per heavy atom. The average molecular weight is 409 g/mol. The Hall–Kier alpha value is -0.570. The van der Waals surface area contributed by atoms with Gasteiger partial charge in [0.05, 0.1) is 6.54 Å². The maximum Gasteiger partial charge on any atom is 0.219 e. The molecule has 0 atom stereocenters. The summed E-state index contributed by atoms with van der Waals surface area (Å²) >= 11 is 0. The summed E-state index contributed by atoms with van der Waals surface area (Å²) in [6.45, 7) is 10.0. The summed E-state index contributed by atoms with van der Waals surface area (Å²) in [6.07, 6.45) is 2.52. The van der Waals surface area contributed by atoms with Crippen molar-refractivity contribution in [3.63, 3.8) is 0 Å². The van der Waals surface area contributed by atoms with Crippen LogP contribution in [0.5, 0.6) is 0 Å². The van der Waals surface area contributed by atoms with Gasteiger partial charge in [0, 0.05) is 52.2 Å². The van der Waals surface area contributed by atoms with Gasteiger partial charge < -0.3 is 15.5 Å². The fraction of sp³-hybridized carbons (Fsp3) is 0.857. The zero-order valence-corrected chi connectivity index (χ0v) is 15.4. The quantitative estimate of drug-likeness (QED) is 0.394. The number of guanidine groups is 1. The maximum absolute atomic E-state index is 11.3. The molecule has 1 amide bonds. The molecule has 0 aromatic carbocycles. The van der Waals surface area contributed by atoms with Crippen LogP contribution in [-0.2, 0) is 4.79 Å². The predicted octanol–water partition coefficient (Wildman–Crippen LogP) is 0.486. The summed E-state index contributed by atoms with van der Waals surface area (Å²) in [4.78, 5) is 20.2.